The van der Waals surface area contributed by atoms with Crippen molar-refractivity contribution in [3.63, 3.8) is 0 Å². The maximum atomic E-state index is 13.8. The van der Waals surface area contributed by atoms with Crippen LogP contribution < -0.4 is 11.1 Å². The van der Waals surface area contributed by atoms with Crippen LogP contribution in [0.15, 0.2) is 60.9 Å². The highest BCUT2D eigenvalue weighted by Gasteiger charge is 2.34. The summed E-state index contributed by atoms with van der Waals surface area (Å²) in [5.41, 5.74) is 6.26. The summed E-state index contributed by atoms with van der Waals surface area (Å²) < 4.78 is 51.8. The Morgan fingerprint density at radius 3 is 2.36 bits per heavy atom. The quantitative estimate of drug-likeness (QED) is 0.589. The first-order valence-corrected chi connectivity index (χ1v) is 8.08. The molecule has 0 saturated heterocycles. The zero-order chi connectivity index (χ0) is 19.4. The fourth-order valence-corrected chi connectivity index (χ4v) is 2.55. The molecule has 3 rings (SSSR count). The van der Waals surface area contributed by atoms with E-state index in [2.05, 4.69) is 15.3 Å². The normalized spacial score (nSPS) is 12.2. The van der Waals surface area contributed by atoms with Gasteiger partial charge in [0.2, 0.25) is 0 Å². The van der Waals surface area contributed by atoms with Gasteiger partial charge in [0.25, 0.3) is 0 Å². The lowest BCUT2D eigenvalue weighted by molar-refractivity contribution is -0.139. The van der Waals surface area contributed by atoms with E-state index in [4.69, 9.17) is 5.73 Å². The van der Waals surface area contributed by atoms with Crippen molar-refractivity contribution in [3.8, 4) is 11.3 Å². The van der Waals surface area contributed by atoms with Crippen LogP contribution in [0.3, 0.4) is 0 Å². The van der Waals surface area contributed by atoms with Gasteiger partial charge in [-0.05, 0) is 17.7 Å². The molecule has 0 aliphatic rings. The molecule has 0 bridgehead atoms. The number of nitrogens with two attached hydrogens (primary N) is 1. The molecule has 9 heteroatoms. The number of benzene rings is 2. The third kappa shape index (κ3) is 5.17. The molecule has 1 aromatic heterocycles. The van der Waals surface area contributed by atoms with Crippen LogP contribution in [0.5, 0.6) is 0 Å². The molecule has 3 N–H and O–H groups in total. The van der Waals surface area contributed by atoms with Gasteiger partial charge >= 0.3 is 6.18 Å². The lowest BCUT2D eigenvalue weighted by Crippen LogP contribution is -2.20. The molecule has 148 valence electrons. The van der Waals surface area contributed by atoms with E-state index in [0.717, 1.165) is 11.6 Å². The van der Waals surface area contributed by atoms with E-state index in [0.29, 0.717) is 24.1 Å². The molecule has 1 unspecified atom stereocenters. The molecule has 0 aliphatic heterocycles. The minimum Gasteiger partial charge on any atom is -0.368 e. The number of nitrogens with one attached hydrogen (secondary N) is 1. The molecule has 0 saturated carbocycles. The van der Waals surface area contributed by atoms with Gasteiger partial charge < -0.3 is 11.1 Å². The molecule has 0 radical (unpaired) electrons. The summed E-state index contributed by atoms with van der Waals surface area (Å²) in [4.78, 5) is 8.06. The second kappa shape index (κ2) is 8.99. The molecule has 3 aromatic rings. The molecular formula is C19H17ClF4N4. The first-order chi connectivity index (χ1) is 12.8. The number of halogens is 5. The van der Waals surface area contributed by atoms with Crippen molar-refractivity contribution in [1.82, 2.24) is 9.97 Å². The van der Waals surface area contributed by atoms with Crippen molar-refractivity contribution in [1.29, 1.82) is 0 Å². The molecule has 0 fully saturated rings. The van der Waals surface area contributed by atoms with Gasteiger partial charge in [0.1, 0.15) is 18.0 Å². The fourth-order valence-electron chi connectivity index (χ4n) is 2.55. The Morgan fingerprint density at radius 1 is 1.00 bits per heavy atom. The highest BCUT2D eigenvalue weighted by molar-refractivity contribution is 5.85. The number of alkyl halides is 3. The van der Waals surface area contributed by atoms with Crippen molar-refractivity contribution in [2.24, 2.45) is 5.73 Å². The van der Waals surface area contributed by atoms with Crippen molar-refractivity contribution in [2.75, 3.05) is 11.9 Å². The number of aromatic nitrogens is 2. The smallest absolute Gasteiger partial charge is 0.368 e. The number of nitrogens with zero attached hydrogens (tertiary/aromatic N) is 2. The molecule has 0 spiro atoms. The number of rotatable bonds is 5. The standard InChI is InChI=1S/C19H16F4N4.ClH/c20-15-8-13(6-7-14(15)19(21,22)23)17-9-18(27-11-26-17)25-10-16(24)12-4-2-1-3-5-12;/h1-9,11,16H,10,24H2,(H,25,26,27);1H. The van der Waals surface area contributed by atoms with Gasteiger partial charge in [-0.2, -0.15) is 13.2 Å². The van der Waals surface area contributed by atoms with Crippen LogP contribution in [0, 0.1) is 5.82 Å². The topological polar surface area (TPSA) is 63.8 Å². The van der Waals surface area contributed by atoms with Crippen LogP contribution in [-0.4, -0.2) is 16.5 Å². The maximum absolute atomic E-state index is 13.8. The summed E-state index contributed by atoms with van der Waals surface area (Å²) in [6, 6.07) is 13.4. The van der Waals surface area contributed by atoms with Gasteiger partial charge in [-0.25, -0.2) is 14.4 Å². The van der Waals surface area contributed by atoms with Gasteiger partial charge in [-0.3, -0.25) is 0 Å². The predicted molar refractivity (Wildman–Crippen MR) is 102 cm³/mol. The van der Waals surface area contributed by atoms with Crippen LogP contribution in [0.1, 0.15) is 17.2 Å². The Balaban J connectivity index is 0.00000280. The summed E-state index contributed by atoms with van der Waals surface area (Å²) in [7, 11) is 0. The van der Waals surface area contributed by atoms with Crippen LogP contribution in [-0.2, 0) is 6.18 Å². The van der Waals surface area contributed by atoms with Crippen molar-refractivity contribution in [2.45, 2.75) is 12.2 Å². The van der Waals surface area contributed by atoms with Gasteiger partial charge in [-0.15, -0.1) is 12.4 Å². The van der Waals surface area contributed by atoms with Gasteiger partial charge in [0.05, 0.1) is 11.3 Å². The average molecular weight is 413 g/mol. The summed E-state index contributed by atoms with van der Waals surface area (Å²) in [5.74, 6) is -0.911. The molecule has 1 heterocycles. The Morgan fingerprint density at radius 2 is 1.71 bits per heavy atom. The third-order valence-electron chi connectivity index (χ3n) is 3.97. The second-order valence-electron chi connectivity index (χ2n) is 5.88. The zero-order valence-corrected chi connectivity index (χ0v) is 15.3. The van der Waals surface area contributed by atoms with Gasteiger partial charge in [0, 0.05) is 24.2 Å². The van der Waals surface area contributed by atoms with Crippen molar-refractivity contribution >= 4 is 18.2 Å². The molecule has 0 amide bonds. The Labute approximate surface area is 165 Å². The van der Waals surface area contributed by atoms with Gasteiger partial charge in [-0.1, -0.05) is 36.4 Å². The van der Waals surface area contributed by atoms with Crippen LogP contribution in [0.2, 0.25) is 0 Å². The first-order valence-electron chi connectivity index (χ1n) is 8.08. The van der Waals surface area contributed by atoms with Crippen molar-refractivity contribution in [3.05, 3.63) is 77.9 Å². The average Bonchev–Trinajstić information content (AvgIpc) is 2.66. The summed E-state index contributed by atoms with van der Waals surface area (Å²) in [5, 5.41) is 3.05. The van der Waals surface area contributed by atoms with E-state index >= 15 is 0 Å². The zero-order valence-electron chi connectivity index (χ0n) is 14.4. The minimum atomic E-state index is -4.74. The Kier molecular flexibility index (Phi) is 6.93. The maximum Gasteiger partial charge on any atom is 0.419 e. The van der Waals surface area contributed by atoms with Gasteiger partial charge in [0.15, 0.2) is 0 Å². The molecular weight excluding hydrogens is 396 g/mol. The van der Waals surface area contributed by atoms with E-state index in [1.165, 1.54) is 18.5 Å². The minimum absolute atomic E-state index is 0. The summed E-state index contributed by atoms with van der Waals surface area (Å²) in [6.07, 6.45) is -3.49. The van der Waals surface area contributed by atoms with E-state index in [-0.39, 0.29) is 24.0 Å². The first kappa shape index (κ1) is 21.6. The lowest BCUT2D eigenvalue weighted by Gasteiger charge is -2.14. The monoisotopic (exact) mass is 412 g/mol. The largest absolute Gasteiger partial charge is 0.419 e. The van der Waals surface area contributed by atoms with Crippen molar-refractivity contribution < 1.29 is 17.6 Å². The molecule has 1 atom stereocenters. The molecule has 2 aromatic carbocycles. The summed E-state index contributed by atoms with van der Waals surface area (Å²) >= 11 is 0. The second-order valence-corrected chi connectivity index (χ2v) is 5.88. The molecule has 0 aliphatic carbocycles. The fraction of sp³-hybridized carbons (Fsp3) is 0.158. The van der Waals surface area contributed by atoms with E-state index in [9.17, 15) is 17.6 Å². The van der Waals surface area contributed by atoms with E-state index < -0.39 is 17.6 Å². The van der Waals surface area contributed by atoms with Crippen LogP contribution in [0.4, 0.5) is 23.4 Å². The lowest BCUT2D eigenvalue weighted by atomic mass is 10.1. The van der Waals surface area contributed by atoms with E-state index in [1.807, 2.05) is 30.3 Å². The Hall–Kier alpha value is -2.71. The number of hydrogen-bond acceptors (Lipinski definition) is 4. The number of anilines is 1. The highest BCUT2D eigenvalue weighted by Crippen LogP contribution is 2.33. The predicted octanol–water partition coefficient (Wildman–Crippen LogP) is 4.84. The third-order valence-corrected chi connectivity index (χ3v) is 3.97. The van der Waals surface area contributed by atoms with E-state index in [1.54, 1.807) is 0 Å². The molecule has 28 heavy (non-hydrogen) atoms. The Bertz CT molecular complexity index is 919. The molecule has 4 nitrogen and oxygen atoms in total. The highest BCUT2D eigenvalue weighted by atomic mass is 35.5. The number of hydrogen-bond donors (Lipinski definition) is 2. The van der Waals surface area contributed by atoms with Crippen LogP contribution >= 0.6 is 12.4 Å². The van der Waals surface area contributed by atoms with Crippen LogP contribution in [0.25, 0.3) is 11.3 Å². The SMILES string of the molecule is Cl.NC(CNc1cc(-c2ccc(C(F)(F)F)c(F)c2)ncn1)c1ccccc1. The summed E-state index contributed by atoms with van der Waals surface area (Å²) in [6.45, 7) is 0.391.